The van der Waals surface area contributed by atoms with Crippen LogP contribution in [-0.4, -0.2) is 39.5 Å². The first-order chi connectivity index (χ1) is 11.2. The van der Waals surface area contributed by atoms with Crippen molar-refractivity contribution in [1.29, 1.82) is 0 Å². The number of carbonyl (C=O) groups excluding carboxylic acids is 1. The molecule has 0 aliphatic carbocycles. The summed E-state index contributed by atoms with van der Waals surface area (Å²) >= 11 is 0. The van der Waals surface area contributed by atoms with Crippen molar-refractivity contribution in [3.63, 3.8) is 0 Å². The molecule has 1 rings (SSSR count). The number of aliphatic imine (C=N–C) groups is 1. The highest BCUT2D eigenvalue weighted by Gasteiger charge is 2.21. The van der Waals surface area contributed by atoms with Crippen molar-refractivity contribution in [3.05, 3.63) is 23.9 Å². The van der Waals surface area contributed by atoms with Crippen molar-refractivity contribution < 1.29 is 19.4 Å². The number of carboxylic acid groups (broad SMARTS) is 1. The van der Waals surface area contributed by atoms with Crippen LogP contribution in [0.4, 0.5) is 10.6 Å². The Bertz CT molecular complexity index is 603. The van der Waals surface area contributed by atoms with Crippen LogP contribution in [0.5, 0.6) is 0 Å². The van der Waals surface area contributed by atoms with Crippen LogP contribution in [-0.2, 0) is 4.74 Å². The zero-order chi connectivity index (χ0) is 18.3. The van der Waals surface area contributed by atoms with E-state index in [1.54, 1.807) is 26.8 Å². The first-order valence-electron chi connectivity index (χ1n) is 7.92. The van der Waals surface area contributed by atoms with E-state index in [9.17, 15) is 9.59 Å². The Labute approximate surface area is 142 Å². The molecule has 24 heavy (non-hydrogen) atoms. The van der Waals surface area contributed by atoms with Crippen LogP contribution >= 0.6 is 0 Å². The molecule has 0 aromatic carbocycles. The van der Waals surface area contributed by atoms with E-state index in [1.165, 1.54) is 12.3 Å². The molecule has 7 heteroatoms. The Balaban J connectivity index is 2.91. The summed E-state index contributed by atoms with van der Waals surface area (Å²) in [5, 5.41) is 11.7. The van der Waals surface area contributed by atoms with Gasteiger partial charge in [0.2, 0.25) is 0 Å². The molecule has 1 unspecified atom stereocenters. The Kier molecular flexibility index (Phi) is 6.88. The van der Waals surface area contributed by atoms with Gasteiger partial charge in [-0.1, -0.05) is 13.8 Å². The van der Waals surface area contributed by atoms with Crippen LogP contribution < -0.4 is 5.32 Å². The summed E-state index contributed by atoms with van der Waals surface area (Å²) < 4.78 is 5.27. The maximum absolute atomic E-state index is 12.0. The summed E-state index contributed by atoms with van der Waals surface area (Å²) in [6, 6.07) is 2.72. The van der Waals surface area contributed by atoms with Crippen LogP contribution in [0.3, 0.4) is 0 Å². The lowest BCUT2D eigenvalue weighted by Crippen LogP contribution is -2.43. The maximum atomic E-state index is 12.0. The molecule has 0 saturated carbocycles. The van der Waals surface area contributed by atoms with Gasteiger partial charge in [0.25, 0.3) is 0 Å². The number of ether oxygens (including phenoxy) is 1. The quantitative estimate of drug-likeness (QED) is 0.774. The fourth-order valence-corrected chi connectivity index (χ4v) is 2.00. The van der Waals surface area contributed by atoms with Crippen LogP contribution in [0.25, 0.3) is 0 Å². The molecule has 1 aromatic rings. The molecule has 0 saturated heterocycles. The zero-order valence-electron chi connectivity index (χ0n) is 14.8. The van der Waals surface area contributed by atoms with E-state index in [2.05, 4.69) is 15.3 Å². The van der Waals surface area contributed by atoms with Crippen molar-refractivity contribution >= 4 is 23.6 Å². The molecule has 0 aliphatic rings. The minimum absolute atomic E-state index is 0.103. The summed E-state index contributed by atoms with van der Waals surface area (Å²) in [4.78, 5) is 31.3. The minimum atomic E-state index is -1.04. The van der Waals surface area contributed by atoms with Gasteiger partial charge in [-0.3, -0.25) is 0 Å². The molecule has 0 spiro atoms. The lowest BCUT2D eigenvalue weighted by molar-refractivity contribution is 0.0516. The molecule has 0 radical (unpaired) electrons. The highest BCUT2D eigenvalue weighted by molar-refractivity contribution is 5.93. The van der Waals surface area contributed by atoms with E-state index in [4.69, 9.17) is 9.84 Å². The van der Waals surface area contributed by atoms with Crippen molar-refractivity contribution in [1.82, 2.24) is 10.3 Å². The third-order valence-corrected chi connectivity index (χ3v) is 3.12. The Hall–Kier alpha value is -2.44. The number of rotatable bonds is 6. The summed E-state index contributed by atoms with van der Waals surface area (Å²) in [6.07, 6.45) is 2.04. The third kappa shape index (κ3) is 6.36. The topological polar surface area (TPSA) is 101 Å². The highest BCUT2D eigenvalue weighted by atomic mass is 16.6. The van der Waals surface area contributed by atoms with Gasteiger partial charge in [0.1, 0.15) is 5.60 Å². The second-order valence-electron chi connectivity index (χ2n) is 6.27. The molecule has 1 aromatic heterocycles. The molecule has 0 aliphatic heterocycles. The third-order valence-electron chi connectivity index (χ3n) is 3.12. The van der Waals surface area contributed by atoms with E-state index >= 15 is 0 Å². The second kappa shape index (κ2) is 8.42. The van der Waals surface area contributed by atoms with Crippen molar-refractivity contribution in [2.45, 2.75) is 59.1 Å². The van der Waals surface area contributed by atoms with Crippen molar-refractivity contribution in [3.8, 4) is 0 Å². The molecule has 0 fully saturated rings. The van der Waals surface area contributed by atoms with Gasteiger partial charge in [-0.2, -0.15) is 0 Å². The molecule has 0 bridgehead atoms. The van der Waals surface area contributed by atoms with Crippen LogP contribution in [0, 0.1) is 0 Å². The zero-order valence-corrected chi connectivity index (χ0v) is 14.8. The summed E-state index contributed by atoms with van der Waals surface area (Å²) in [7, 11) is 0. The number of carbonyl (C=O) groups is 2. The number of amides is 1. The molecular weight excluding hydrogens is 310 g/mol. The normalized spacial score (nSPS) is 13.3. The molecule has 132 valence electrons. The number of hydrogen-bond donors (Lipinski definition) is 2. The fraction of sp³-hybridized carbons (Fsp3) is 0.529. The van der Waals surface area contributed by atoms with E-state index in [0.717, 1.165) is 5.71 Å². The van der Waals surface area contributed by atoms with E-state index < -0.39 is 17.7 Å². The average molecular weight is 335 g/mol. The molecule has 2 N–H and O–H groups in total. The number of nitrogens with zero attached hydrogens (tertiary/aromatic N) is 2. The predicted octanol–water partition coefficient (Wildman–Crippen LogP) is 3.57. The number of pyridine rings is 1. The van der Waals surface area contributed by atoms with Crippen molar-refractivity contribution in [2.75, 3.05) is 0 Å². The number of carboxylic acids is 1. The van der Waals surface area contributed by atoms with Gasteiger partial charge in [-0.25, -0.2) is 19.6 Å². The Morgan fingerprint density at radius 2 is 2.00 bits per heavy atom. The molecule has 1 heterocycles. The molecular formula is C17H25N3O4. The number of alkyl carbamates (subject to hydrolysis) is 1. The van der Waals surface area contributed by atoms with Gasteiger partial charge in [-0.05, 0) is 45.7 Å². The summed E-state index contributed by atoms with van der Waals surface area (Å²) in [5.41, 5.74) is 0.282. The van der Waals surface area contributed by atoms with E-state index in [1.807, 2.05) is 13.8 Å². The SMILES string of the molecule is CCC(=Nc1ccc(C(=O)O)cn1)C(CC)NC(=O)OC(C)(C)C. The molecule has 1 amide bonds. The number of aromatic carboxylic acids is 1. The molecule has 7 nitrogen and oxygen atoms in total. The lowest BCUT2D eigenvalue weighted by atomic mass is 10.1. The Morgan fingerprint density at radius 1 is 1.33 bits per heavy atom. The smallest absolute Gasteiger partial charge is 0.408 e. The standard InChI is InChI=1S/C17H25N3O4/c1-6-12(13(7-2)20-16(23)24-17(3,4)5)19-14-9-8-11(10-18-14)15(21)22/h8-10,13H,6-7H2,1-5H3,(H,20,23)(H,21,22). The van der Waals surface area contributed by atoms with Crippen LogP contribution in [0.1, 0.15) is 57.8 Å². The van der Waals surface area contributed by atoms with Gasteiger partial charge in [0.15, 0.2) is 5.82 Å². The van der Waals surface area contributed by atoms with Gasteiger partial charge < -0.3 is 15.2 Å². The second-order valence-corrected chi connectivity index (χ2v) is 6.27. The lowest BCUT2D eigenvalue weighted by Gasteiger charge is -2.23. The summed E-state index contributed by atoms with van der Waals surface area (Å²) in [6.45, 7) is 9.28. The van der Waals surface area contributed by atoms with Gasteiger partial charge in [-0.15, -0.1) is 0 Å². The van der Waals surface area contributed by atoms with E-state index in [-0.39, 0.29) is 11.6 Å². The fourth-order valence-electron chi connectivity index (χ4n) is 2.00. The first kappa shape index (κ1) is 19.6. The average Bonchev–Trinajstić information content (AvgIpc) is 2.49. The number of aromatic nitrogens is 1. The number of hydrogen-bond acceptors (Lipinski definition) is 5. The van der Waals surface area contributed by atoms with Gasteiger partial charge in [0, 0.05) is 11.9 Å². The first-order valence-corrected chi connectivity index (χ1v) is 7.92. The largest absolute Gasteiger partial charge is 0.478 e. The minimum Gasteiger partial charge on any atom is -0.478 e. The molecule has 1 atom stereocenters. The van der Waals surface area contributed by atoms with Gasteiger partial charge >= 0.3 is 12.1 Å². The summed E-state index contributed by atoms with van der Waals surface area (Å²) in [5.74, 6) is -0.631. The highest BCUT2D eigenvalue weighted by Crippen LogP contribution is 2.13. The van der Waals surface area contributed by atoms with Crippen LogP contribution in [0.15, 0.2) is 23.3 Å². The maximum Gasteiger partial charge on any atom is 0.408 e. The monoisotopic (exact) mass is 335 g/mol. The van der Waals surface area contributed by atoms with Gasteiger partial charge in [0.05, 0.1) is 11.6 Å². The van der Waals surface area contributed by atoms with Crippen molar-refractivity contribution in [2.24, 2.45) is 4.99 Å². The van der Waals surface area contributed by atoms with E-state index in [0.29, 0.717) is 18.7 Å². The predicted molar refractivity (Wildman–Crippen MR) is 92.0 cm³/mol. The number of nitrogens with one attached hydrogen (secondary N) is 1. The Morgan fingerprint density at radius 3 is 2.42 bits per heavy atom. The van der Waals surface area contributed by atoms with Crippen LogP contribution in [0.2, 0.25) is 0 Å².